The molecule has 108 valence electrons. The van der Waals surface area contributed by atoms with E-state index in [9.17, 15) is 0 Å². The van der Waals surface area contributed by atoms with Crippen molar-refractivity contribution in [2.24, 2.45) is 7.05 Å². The molecule has 4 nitrogen and oxygen atoms in total. The molecule has 0 bridgehead atoms. The van der Waals surface area contributed by atoms with Crippen molar-refractivity contribution < 1.29 is 4.74 Å². The van der Waals surface area contributed by atoms with E-state index in [2.05, 4.69) is 39.5 Å². The van der Waals surface area contributed by atoms with Gasteiger partial charge in [0.05, 0.1) is 5.69 Å². The molecule has 0 atom stereocenters. The number of halogens is 1. The highest BCUT2D eigenvalue weighted by Crippen LogP contribution is 2.17. The van der Waals surface area contributed by atoms with Gasteiger partial charge in [0.15, 0.2) is 0 Å². The number of benzene rings is 1. The zero-order chi connectivity index (χ0) is 14.4. The van der Waals surface area contributed by atoms with Crippen molar-refractivity contribution in [1.29, 1.82) is 0 Å². The summed E-state index contributed by atoms with van der Waals surface area (Å²) in [5, 5.41) is 7.81. The van der Waals surface area contributed by atoms with Crippen molar-refractivity contribution in [3.05, 3.63) is 46.2 Å². The number of ether oxygens (including phenoxy) is 1. The molecule has 0 spiro atoms. The Morgan fingerprint density at radius 1 is 1.40 bits per heavy atom. The van der Waals surface area contributed by atoms with Crippen molar-refractivity contribution >= 4 is 15.9 Å². The Labute approximate surface area is 128 Å². The molecule has 0 unspecified atom stereocenters. The highest BCUT2D eigenvalue weighted by molar-refractivity contribution is 9.10. The summed E-state index contributed by atoms with van der Waals surface area (Å²) in [6.07, 6.45) is 3.04. The minimum atomic E-state index is 0.651. The van der Waals surface area contributed by atoms with Gasteiger partial charge in [0.2, 0.25) is 0 Å². The summed E-state index contributed by atoms with van der Waals surface area (Å²) >= 11 is 3.43. The van der Waals surface area contributed by atoms with E-state index in [1.165, 1.54) is 5.56 Å². The summed E-state index contributed by atoms with van der Waals surface area (Å²) in [5.74, 6) is 0.886. The smallest absolute Gasteiger partial charge is 0.120 e. The first-order valence-electron chi connectivity index (χ1n) is 6.79. The maximum absolute atomic E-state index is 5.67. The number of nitrogens with zero attached hydrogens (tertiary/aromatic N) is 2. The summed E-state index contributed by atoms with van der Waals surface area (Å²) in [4.78, 5) is 0. The zero-order valence-corrected chi connectivity index (χ0v) is 13.5. The fourth-order valence-electron chi connectivity index (χ4n) is 2.05. The molecule has 0 radical (unpaired) electrons. The molecule has 0 aliphatic heterocycles. The van der Waals surface area contributed by atoms with Gasteiger partial charge in [-0.3, -0.25) is 4.68 Å². The van der Waals surface area contributed by atoms with Crippen LogP contribution in [0.15, 0.2) is 34.9 Å². The molecule has 0 saturated carbocycles. The Balaban J connectivity index is 1.71. The first kappa shape index (κ1) is 15.1. The maximum atomic E-state index is 5.67. The van der Waals surface area contributed by atoms with Gasteiger partial charge in [-0.05, 0) is 24.6 Å². The number of hydrogen-bond acceptors (Lipinski definition) is 3. The van der Waals surface area contributed by atoms with E-state index in [4.69, 9.17) is 4.74 Å². The monoisotopic (exact) mass is 337 g/mol. The van der Waals surface area contributed by atoms with E-state index in [1.54, 1.807) is 0 Å². The van der Waals surface area contributed by atoms with Crippen molar-refractivity contribution in [1.82, 2.24) is 15.1 Å². The van der Waals surface area contributed by atoms with E-state index in [0.29, 0.717) is 6.61 Å². The molecule has 1 heterocycles. The minimum absolute atomic E-state index is 0.651. The fourth-order valence-corrected chi connectivity index (χ4v) is 2.43. The predicted octanol–water partition coefficient (Wildman–Crippen LogP) is 2.91. The third-order valence-electron chi connectivity index (χ3n) is 2.99. The largest absolute Gasteiger partial charge is 0.492 e. The standard InChI is InChI=1S/C15H20BrN3O/c1-3-15-12(11-19(2)18-15)10-17-7-8-20-14-6-4-5-13(16)9-14/h4-6,9,11,17H,3,7-8,10H2,1-2H3. The van der Waals surface area contributed by atoms with Crippen LogP contribution in [-0.4, -0.2) is 22.9 Å². The van der Waals surface area contributed by atoms with E-state index in [0.717, 1.165) is 35.4 Å². The molecule has 1 N–H and O–H groups in total. The second kappa shape index (κ2) is 7.45. The first-order chi connectivity index (χ1) is 9.69. The van der Waals surface area contributed by atoms with Crippen LogP contribution < -0.4 is 10.1 Å². The van der Waals surface area contributed by atoms with Crippen LogP contribution in [0.1, 0.15) is 18.2 Å². The van der Waals surface area contributed by atoms with Gasteiger partial charge in [0.1, 0.15) is 12.4 Å². The molecule has 0 aliphatic carbocycles. The molecule has 0 aliphatic rings. The average molecular weight is 338 g/mol. The molecule has 2 aromatic rings. The normalized spacial score (nSPS) is 10.8. The third kappa shape index (κ3) is 4.35. The molecule has 2 rings (SSSR count). The highest BCUT2D eigenvalue weighted by Gasteiger charge is 2.04. The second-order valence-electron chi connectivity index (χ2n) is 4.61. The van der Waals surface area contributed by atoms with E-state index < -0.39 is 0 Å². The lowest BCUT2D eigenvalue weighted by molar-refractivity contribution is 0.313. The molecule has 1 aromatic heterocycles. The number of hydrogen-bond donors (Lipinski definition) is 1. The first-order valence-corrected chi connectivity index (χ1v) is 7.59. The van der Waals surface area contributed by atoms with Crippen LogP contribution in [0.25, 0.3) is 0 Å². The molecular formula is C15H20BrN3O. The van der Waals surface area contributed by atoms with Crippen LogP contribution in [0.2, 0.25) is 0 Å². The lowest BCUT2D eigenvalue weighted by Gasteiger charge is -2.07. The molecular weight excluding hydrogens is 318 g/mol. The number of rotatable bonds is 7. The lowest BCUT2D eigenvalue weighted by Crippen LogP contribution is -2.20. The summed E-state index contributed by atoms with van der Waals surface area (Å²) in [5.41, 5.74) is 2.42. The highest BCUT2D eigenvalue weighted by atomic mass is 79.9. The zero-order valence-electron chi connectivity index (χ0n) is 11.9. The Kier molecular flexibility index (Phi) is 5.61. The minimum Gasteiger partial charge on any atom is -0.492 e. The Hall–Kier alpha value is -1.33. The van der Waals surface area contributed by atoms with Crippen molar-refractivity contribution in [2.45, 2.75) is 19.9 Å². The van der Waals surface area contributed by atoms with Crippen LogP contribution in [0, 0.1) is 0 Å². The van der Waals surface area contributed by atoms with Crippen LogP contribution >= 0.6 is 15.9 Å². The predicted molar refractivity (Wildman–Crippen MR) is 83.9 cm³/mol. The van der Waals surface area contributed by atoms with Gasteiger partial charge >= 0.3 is 0 Å². The van der Waals surface area contributed by atoms with E-state index in [-0.39, 0.29) is 0 Å². The molecule has 0 saturated heterocycles. The topological polar surface area (TPSA) is 39.1 Å². The Morgan fingerprint density at radius 2 is 2.25 bits per heavy atom. The van der Waals surface area contributed by atoms with E-state index in [1.807, 2.05) is 36.0 Å². The Bertz CT molecular complexity index is 554. The molecule has 0 fully saturated rings. The molecule has 5 heteroatoms. The fraction of sp³-hybridized carbons (Fsp3) is 0.400. The van der Waals surface area contributed by atoms with Crippen molar-refractivity contribution in [3.63, 3.8) is 0 Å². The van der Waals surface area contributed by atoms with Gasteiger partial charge in [0, 0.05) is 36.4 Å². The number of aryl methyl sites for hydroxylation is 2. The third-order valence-corrected chi connectivity index (χ3v) is 3.48. The summed E-state index contributed by atoms with van der Waals surface area (Å²) in [6, 6.07) is 7.88. The number of aromatic nitrogens is 2. The van der Waals surface area contributed by atoms with Gasteiger partial charge in [0.25, 0.3) is 0 Å². The van der Waals surface area contributed by atoms with Crippen molar-refractivity contribution in [3.8, 4) is 5.75 Å². The molecule has 1 aromatic carbocycles. The summed E-state index contributed by atoms with van der Waals surface area (Å²) < 4.78 is 8.58. The van der Waals surface area contributed by atoms with Crippen LogP contribution in [0.3, 0.4) is 0 Å². The van der Waals surface area contributed by atoms with Gasteiger partial charge in [-0.25, -0.2) is 0 Å². The van der Waals surface area contributed by atoms with Gasteiger partial charge in [-0.15, -0.1) is 0 Å². The van der Waals surface area contributed by atoms with Gasteiger partial charge in [-0.2, -0.15) is 5.10 Å². The van der Waals surface area contributed by atoms with Gasteiger partial charge < -0.3 is 10.1 Å². The quantitative estimate of drug-likeness (QED) is 0.789. The number of nitrogens with one attached hydrogen (secondary N) is 1. The summed E-state index contributed by atoms with van der Waals surface area (Å²) in [7, 11) is 1.96. The Morgan fingerprint density at radius 3 is 3.00 bits per heavy atom. The SMILES string of the molecule is CCc1nn(C)cc1CNCCOc1cccc(Br)c1. The molecule has 20 heavy (non-hydrogen) atoms. The lowest BCUT2D eigenvalue weighted by atomic mass is 10.2. The van der Waals surface area contributed by atoms with Gasteiger partial charge in [-0.1, -0.05) is 28.9 Å². The maximum Gasteiger partial charge on any atom is 0.120 e. The van der Waals surface area contributed by atoms with Crippen LogP contribution in [0.4, 0.5) is 0 Å². The van der Waals surface area contributed by atoms with E-state index >= 15 is 0 Å². The molecule has 0 amide bonds. The van der Waals surface area contributed by atoms with Crippen LogP contribution in [-0.2, 0) is 20.0 Å². The summed E-state index contributed by atoms with van der Waals surface area (Å²) in [6.45, 7) is 4.42. The second-order valence-corrected chi connectivity index (χ2v) is 5.53. The van der Waals surface area contributed by atoms with Crippen molar-refractivity contribution in [2.75, 3.05) is 13.2 Å². The average Bonchev–Trinajstić information content (AvgIpc) is 2.79. The van der Waals surface area contributed by atoms with Crippen LogP contribution in [0.5, 0.6) is 5.75 Å².